The highest BCUT2D eigenvalue weighted by Crippen LogP contribution is 2.08. The minimum absolute atomic E-state index is 0.195. The van der Waals surface area contributed by atoms with Crippen molar-refractivity contribution in [1.29, 1.82) is 0 Å². The summed E-state index contributed by atoms with van der Waals surface area (Å²) in [5.41, 5.74) is 0.429. The van der Waals surface area contributed by atoms with Crippen molar-refractivity contribution in [2.24, 2.45) is 0 Å². The Morgan fingerprint density at radius 2 is 2.11 bits per heavy atom. The summed E-state index contributed by atoms with van der Waals surface area (Å²) in [6.07, 6.45) is 3.09. The average molecular weight is 268 g/mol. The van der Waals surface area contributed by atoms with Crippen LogP contribution in [0.1, 0.15) is 26.7 Å². The maximum Gasteiger partial charge on any atom is 0.334 e. The summed E-state index contributed by atoms with van der Waals surface area (Å²) in [4.78, 5) is 25.0. The molecule has 0 N–H and O–H groups in total. The van der Waals surface area contributed by atoms with Crippen molar-refractivity contribution in [3.8, 4) is 0 Å². The number of esters is 1. The minimum atomic E-state index is -0.341. The van der Waals surface area contributed by atoms with Crippen molar-refractivity contribution in [3.63, 3.8) is 0 Å². The first kappa shape index (κ1) is 17.4. The first-order valence-electron chi connectivity index (χ1n) is 6.24. The zero-order valence-corrected chi connectivity index (χ0v) is 12.3. The molecule has 19 heavy (non-hydrogen) atoms. The van der Waals surface area contributed by atoms with Crippen LogP contribution >= 0.6 is 0 Å². The van der Waals surface area contributed by atoms with Crippen molar-refractivity contribution in [3.05, 3.63) is 24.9 Å². The quantitative estimate of drug-likeness (QED) is 0.443. The number of ether oxygens (including phenoxy) is 1. The number of rotatable bonds is 4. The van der Waals surface area contributed by atoms with Gasteiger partial charge < -0.3 is 9.64 Å². The molecule has 1 rings (SSSR count). The lowest BCUT2D eigenvalue weighted by molar-refractivity contribution is -0.150. The molecule has 1 heterocycles. The van der Waals surface area contributed by atoms with E-state index >= 15 is 0 Å². The van der Waals surface area contributed by atoms with Crippen LogP contribution in [-0.4, -0.2) is 48.5 Å². The lowest BCUT2D eigenvalue weighted by atomic mass is 10.4. The highest BCUT2D eigenvalue weighted by atomic mass is 16.6. The third-order valence-electron chi connectivity index (χ3n) is 2.68. The van der Waals surface area contributed by atoms with Gasteiger partial charge in [-0.25, -0.2) is 4.79 Å². The number of carbonyl (C=O) groups is 2. The Morgan fingerprint density at radius 1 is 1.53 bits per heavy atom. The molecule has 1 unspecified atom stereocenters. The van der Waals surface area contributed by atoms with E-state index in [2.05, 4.69) is 13.2 Å². The fourth-order valence-corrected chi connectivity index (χ4v) is 1.22. The van der Waals surface area contributed by atoms with Crippen LogP contribution in [0.2, 0.25) is 0 Å². The second-order valence-corrected chi connectivity index (χ2v) is 4.62. The molecule has 0 aliphatic carbocycles. The standard InChI is InChI=1S/C8H15NO2.C6H9NO/c1-6(2)8(10)11-7(3)9(4)5;1-2-7-5-3-4-6(7)8/h7H,1H2,2-5H3;2H,1,3-5H2. The molecule has 1 saturated heterocycles. The molecule has 1 fully saturated rings. The second kappa shape index (κ2) is 8.48. The van der Waals surface area contributed by atoms with Crippen molar-refractivity contribution in [2.75, 3.05) is 20.6 Å². The summed E-state index contributed by atoms with van der Waals surface area (Å²) in [5.74, 6) is -0.133. The van der Waals surface area contributed by atoms with E-state index in [0.29, 0.717) is 12.0 Å². The van der Waals surface area contributed by atoms with Gasteiger partial charge in [0.25, 0.3) is 0 Å². The van der Waals surface area contributed by atoms with Gasteiger partial charge in [-0.05, 0) is 40.6 Å². The van der Waals surface area contributed by atoms with E-state index in [-0.39, 0.29) is 18.1 Å². The van der Waals surface area contributed by atoms with Crippen molar-refractivity contribution < 1.29 is 14.3 Å². The number of hydrogen-bond donors (Lipinski definition) is 0. The SMILES string of the molecule is C=C(C)C(=O)OC(C)N(C)C.C=CN1CCCC1=O. The summed E-state index contributed by atoms with van der Waals surface area (Å²) >= 11 is 0. The summed E-state index contributed by atoms with van der Waals surface area (Å²) in [6, 6.07) is 0. The van der Waals surface area contributed by atoms with Gasteiger partial charge in [-0.1, -0.05) is 13.2 Å². The Bertz CT molecular complexity index is 351. The third kappa shape index (κ3) is 6.76. The van der Waals surface area contributed by atoms with Gasteiger partial charge in [-0.15, -0.1) is 0 Å². The van der Waals surface area contributed by atoms with E-state index in [1.807, 2.05) is 14.1 Å². The van der Waals surface area contributed by atoms with E-state index in [1.165, 1.54) is 0 Å². The maximum atomic E-state index is 10.9. The predicted molar refractivity (Wildman–Crippen MR) is 75.2 cm³/mol. The second-order valence-electron chi connectivity index (χ2n) is 4.62. The van der Waals surface area contributed by atoms with Gasteiger partial charge in [0, 0.05) is 18.5 Å². The third-order valence-corrected chi connectivity index (χ3v) is 2.68. The van der Waals surface area contributed by atoms with Crippen molar-refractivity contribution in [2.45, 2.75) is 32.9 Å². The molecule has 1 atom stereocenters. The summed E-state index contributed by atoms with van der Waals surface area (Å²) in [6.45, 7) is 11.3. The molecule has 1 aliphatic rings. The van der Waals surface area contributed by atoms with Gasteiger partial charge in [0.2, 0.25) is 5.91 Å². The first-order valence-corrected chi connectivity index (χ1v) is 6.24. The molecule has 1 aliphatic heterocycles. The molecular weight excluding hydrogens is 244 g/mol. The molecule has 0 aromatic heterocycles. The van der Waals surface area contributed by atoms with Gasteiger partial charge in [0.05, 0.1) is 0 Å². The van der Waals surface area contributed by atoms with Gasteiger partial charge >= 0.3 is 5.97 Å². The zero-order chi connectivity index (χ0) is 15.0. The highest BCUT2D eigenvalue weighted by molar-refractivity contribution is 5.87. The van der Waals surface area contributed by atoms with Gasteiger partial charge in [-0.3, -0.25) is 9.69 Å². The first-order chi connectivity index (χ1) is 8.79. The molecule has 0 spiro atoms. The monoisotopic (exact) mass is 268 g/mol. The number of hydrogen-bond acceptors (Lipinski definition) is 4. The molecule has 0 saturated carbocycles. The van der Waals surface area contributed by atoms with Gasteiger partial charge in [0.15, 0.2) is 6.23 Å². The van der Waals surface area contributed by atoms with Crippen LogP contribution in [0.3, 0.4) is 0 Å². The average Bonchev–Trinajstić information content (AvgIpc) is 2.75. The lowest BCUT2D eigenvalue weighted by Crippen LogP contribution is -2.30. The molecule has 5 nitrogen and oxygen atoms in total. The fourth-order valence-electron chi connectivity index (χ4n) is 1.22. The molecular formula is C14H24N2O3. The van der Waals surface area contributed by atoms with Crippen LogP contribution in [0.25, 0.3) is 0 Å². The van der Waals surface area contributed by atoms with E-state index in [0.717, 1.165) is 13.0 Å². The Labute approximate surface area is 115 Å². The van der Waals surface area contributed by atoms with Gasteiger partial charge in [0.1, 0.15) is 0 Å². The van der Waals surface area contributed by atoms with Crippen LogP contribution in [0.4, 0.5) is 0 Å². The van der Waals surface area contributed by atoms with Crippen LogP contribution in [0.15, 0.2) is 24.9 Å². The van der Waals surface area contributed by atoms with Crippen LogP contribution in [-0.2, 0) is 14.3 Å². The van der Waals surface area contributed by atoms with Crippen molar-refractivity contribution in [1.82, 2.24) is 9.80 Å². The summed E-state index contributed by atoms with van der Waals surface area (Å²) in [7, 11) is 3.69. The molecule has 108 valence electrons. The maximum absolute atomic E-state index is 10.9. The van der Waals surface area contributed by atoms with Gasteiger partial charge in [-0.2, -0.15) is 0 Å². The van der Waals surface area contributed by atoms with E-state index in [1.54, 1.807) is 29.8 Å². The molecule has 0 bridgehead atoms. The highest BCUT2D eigenvalue weighted by Gasteiger charge is 2.16. The molecule has 0 aromatic rings. The smallest absolute Gasteiger partial charge is 0.334 e. The van der Waals surface area contributed by atoms with E-state index in [4.69, 9.17) is 4.74 Å². The Hall–Kier alpha value is -1.62. The normalized spacial score (nSPS) is 15.6. The summed E-state index contributed by atoms with van der Waals surface area (Å²) < 4.78 is 4.96. The fraction of sp³-hybridized carbons (Fsp3) is 0.571. The Morgan fingerprint density at radius 3 is 2.37 bits per heavy atom. The van der Waals surface area contributed by atoms with Crippen LogP contribution < -0.4 is 0 Å². The van der Waals surface area contributed by atoms with Crippen LogP contribution in [0.5, 0.6) is 0 Å². The Kier molecular flexibility index (Phi) is 7.75. The number of likely N-dealkylation sites (tertiary alicyclic amines) is 1. The van der Waals surface area contributed by atoms with E-state index in [9.17, 15) is 9.59 Å². The molecule has 0 radical (unpaired) electrons. The summed E-state index contributed by atoms with van der Waals surface area (Å²) in [5, 5.41) is 0. The molecule has 0 aromatic carbocycles. The number of carbonyl (C=O) groups excluding carboxylic acids is 2. The largest absolute Gasteiger partial charge is 0.443 e. The van der Waals surface area contributed by atoms with E-state index < -0.39 is 0 Å². The number of nitrogens with zero attached hydrogens (tertiary/aromatic N) is 2. The number of amides is 1. The lowest BCUT2D eigenvalue weighted by Gasteiger charge is -2.19. The Balaban J connectivity index is 0.000000356. The van der Waals surface area contributed by atoms with Crippen LogP contribution in [0, 0.1) is 0 Å². The van der Waals surface area contributed by atoms with Crippen molar-refractivity contribution >= 4 is 11.9 Å². The minimum Gasteiger partial charge on any atom is -0.443 e. The molecule has 5 heteroatoms. The molecule has 1 amide bonds. The topological polar surface area (TPSA) is 49.9 Å². The zero-order valence-electron chi connectivity index (χ0n) is 12.3. The predicted octanol–water partition coefficient (Wildman–Crippen LogP) is 1.77.